The molecular weight excluding hydrogens is 253 g/mol. The zero-order valence-electron chi connectivity index (χ0n) is 9.58. The van der Waals surface area contributed by atoms with E-state index in [9.17, 15) is 0 Å². The van der Waals surface area contributed by atoms with E-state index in [2.05, 4.69) is 4.90 Å². The predicted octanol–water partition coefficient (Wildman–Crippen LogP) is 0.563. The highest BCUT2D eigenvalue weighted by atomic mass is 33.1. The van der Waals surface area contributed by atoms with Crippen LogP contribution in [0.4, 0.5) is 0 Å². The lowest BCUT2D eigenvalue weighted by Crippen LogP contribution is -2.31. The molecule has 0 amide bonds. The Morgan fingerprint density at radius 3 is 2.53 bits per heavy atom. The average molecular weight is 269 g/mol. The van der Waals surface area contributed by atoms with Crippen molar-refractivity contribution in [3.63, 3.8) is 0 Å². The van der Waals surface area contributed by atoms with E-state index in [-0.39, 0.29) is 0 Å². The zero-order chi connectivity index (χ0) is 12.1. The molecule has 92 valence electrons. The topological polar surface area (TPSA) is 43.7 Å². The number of nitrogens with zero attached hydrogens (tertiary/aromatic N) is 1. The largest absolute Gasteiger partial charge is 0.488 e. The Balaban J connectivity index is 1.99. The van der Waals surface area contributed by atoms with E-state index in [0.717, 1.165) is 36.7 Å². The molecule has 1 saturated heterocycles. The quantitative estimate of drug-likeness (QED) is 0.620. The fraction of sp³-hybridized carbons (Fsp3) is 0.455. The van der Waals surface area contributed by atoms with Gasteiger partial charge in [0.2, 0.25) is 0 Å². The van der Waals surface area contributed by atoms with Gasteiger partial charge in [-0.2, -0.15) is 0 Å². The summed E-state index contributed by atoms with van der Waals surface area (Å²) in [5.41, 5.74) is 1.72. The van der Waals surface area contributed by atoms with Gasteiger partial charge in [-0.15, -0.1) is 0 Å². The first-order valence-electron chi connectivity index (χ1n) is 5.67. The molecule has 0 bridgehead atoms. The third-order valence-electron chi connectivity index (χ3n) is 2.72. The van der Waals surface area contributed by atoms with Gasteiger partial charge in [0.05, 0.1) is 0 Å². The van der Waals surface area contributed by atoms with Gasteiger partial charge in [-0.1, -0.05) is 45.9 Å². The van der Waals surface area contributed by atoms with Gasteiger partial charge in [0, 0.05) is 31.1 Å². The van der Waals surface area contributed by atoms with E-state index < -0.39 is 7.12 Å². The second-order valence-electron chi connectivity index (χ2n) is 4.04. The maximum Gasteiger partial charge on any atom is 0.488 e. The number of hydrogen-bond donors (Lipinski definition) is 2. The minimum atomic E-state index is -1.37. The summed E-state index contributed by atoms with van der Waals surface area (Å²) >= 11 is 0. The Morgan fingerprint density at radius 2 is 1.88 bits per heavy atom. The molecule has 1 fully saturated rings. The second-order valence-corrected chi connectivity index (χ2v) is 6.74. The van der Waals surface area contributed by atoms with E-state index in [1.807, 2.05) is 39.8 Å². The van der Waals surface area contributed by atoms with Crippen LogP contribution in [0.25, 0.3) is 0 Å². The molecular formula is C11H16BNO2S2. The van der Waals surface area contributed by atoms with Crippen LogP contribution in [0.2, 0.25) is 0 Å². The first-order valence-corrected chi connectivity index (χ1v) is 8.16. The van der Waals surface area contributed by atoms with Crippen molar-refractivity contribution in [3.05, 3.63) is 29.8 Å². The Labute approximate surface area is 110 Å². The van der Waals surface area contributed by atoms with Crippen LogP contribution in [0.3, 0.4) is 0 Å². The summed E-state index contributed by atoms with van der Waals surface area (Å²) in [6.07, 6.45) is 0. The van der Waals surface area contributed by atoms with E-state index >= 15 is 0 Å². The van der Waals surface area contributed by atoms with Crippen LogP contribution < -0.4 is 5.46 Å². The molecule has 1 aromatic carbocycles. The molecule has 17 heavy (non-hydrogen) atoms. The predicted molar refractivity (Wildman–Crippen MR) is 76.5 cm³/mol. The lowest BCUT2D eigenvalue weighted by molar-refractivity contribution is 0.302. The number of hydrogen-bond acceptors (Lipinski definition) is 5. The summed E-state index contributed by atoms with van der Waals surface area (Å²) in [4.78, 5) is 2.41. The Hall–Kier alpha value is -0.135. The highest BCUT2D eigenvalue weighted by Crippen LogP contribution is 2.24. The molecule has 0 spiro atoms. The van der Waals surface area contributed by atoms with Crippen molar-refractivity contribution in [3.8, 4) is 0 Å². The first-order chi connectivity index (χ1) is 8.25. The van der Waals surface area contributed by atoms with Crippen LogP contribution in [0.15, 0.2) is 24.3 Å². The van der Waals surface area contributed by atoms with Gasteiger partial charge in [0.15, 0.2) is 0 Å². The molecule has 0 radical (unpaired) electrons. The normalized spacial score (nSPS) is 17.8. The standard InChI is InChI=1S/C11H16BNO2S2/c14-12(15)11-3-1-2-10(8-11)9-13-4-6-16-17-7-5-13/h1-3,8,14-15H,4-7,9H2. The zero-order valence-corrected chi connectivity index (χ0v) is 11.2. The molecule has 1 aliphatic heterocycles. The summed E-state index contributed by atoms with van der Waals surface area (Å²) in [6.45, 7) is 3.09. The maximum absolute atomic E-state index is 9.13. The molecule has 3 nitrogen and oxygen atoms in total. The number of benzene rings is 1. The van der Waals surface area contributed by atoms with Crippen molar-refractivity contribution in [2.24, 2.45) is 0 Å². The van der Waals surface area contributed by atoms with Gasteiger partial charge in [0.25, 0.3) is 0 Å². The highest BCUT2D eigenvalue weighted by molar-refractivity contribution is 8.76. The average Bonchev–Trinajstić information content (AvgIpc) is 2.58. The van der Waals surface area contributed by atoms with Crippen molar-refractivity contribution in [1.29, 1.82) is 0 Å². The van der Waals surface area contributed by atoms with Crippen molar-refractivity contribution in [2.45, 2.75) is 6.54 Å². The van der Waals surface area contributed by atoms with E-state index in [1.165, 1.54) is 0 Å². The SMILES string of the molecule is OB(O)c1cccc(CN2CCSSCC2)c1. The third-order valence-corrected chi connectivity index (χ3v) is 5.09. The Bertz CT molecular complexity index is 357. The lowest BCUT2D eigenvalue weighted by Gasteiger charge is -2.19. The highest BCUT2D eigenvalue weighted by Gasteiger charge is 2.13. The van der Waals surface area contributed by atoms with Gasteiger partial charge in [-0.05, 0) is 11.0 Å². The Morgan fingerprint density at radius 1 is 1.18 bits per heavy atom. The van der Waals surface area contributed by atoms with Crippen molar-refractivity contribution >= 4 is 34.2 Å². The lowest BCUT2D eigenvalue weighted by atomic mass is 9.79. The fourth-order valence-electron chi connectivity index (χ4n) is 1.83. The van der Waals surface area contributed by atoms with Crippen LogP contribution >= 0.6 is 21.6 Å². The van der Waals surface area contributed by atoms with E-state index in [4.69, 9.17) is 10.0 Å². The summed E-state index contributed by atoms with van der Waals surface area (Å²) in [5.74, 6) is 2.32. The van der Waals surface area contributed by atoms with Crippen molar-refractivity contribution in [1.82, 2.24) is 4.90 Å². The monoisotopic (exact) mass is 269 g/mol. The fourth-order valence-corrected chi connectivity index (χ4v) is 3.89. The van der Waals surface area contributed by atoms with Crippen molar-refractivity contribution in [2.75, 3.05) is 24.6 Å². The smallest absolute Gasteiger partial charge is 0.423 e. The van der Waals surface area contributed by atoms with Gasteiger partial charge in [-0.3, -0.25) is 4.90 Å². The molecule has 0 saturated carbocycles. The molecule has 0 atom stereocenters. The summed E-state index contributed by atoms with van der Waals surface area (Å²) in [5, 5.41) is 18.3. The molecule has 1 aliphatic rings. The summed E-state index contributed by atoms with van der Waals surface area (Å²) in [6, 6.07) is 7.53. The molecule has 1 heterocycles. The van der Waals surface area contributed by atoms with Gasteiger partial charge >= 0.3 is 7.12 Å². The molecule has 0 unspecified atom stereocenters. The molecule has 2 rings (SSSR count). The maximum atomic E-state index is 9.13. The van der Waals surface area contributed by atoms with Crippen molar-refractivity contribution < 1.29 is 10.0 Å². The van der Waals surface area contributed by atoms with Gasteiger partial charge in [0.1, 0.15) is 0 Å². The summed E-state index contributed by atoms with van der Waals surface area (Å²) in [7, 11) is 2.50. The van der Waals surface area contributed by atoms with Gasteiger partial charge < -0.3 is 10.0 Å². The minimum Gasteiger partial charge on any atom is -0.423 e. The number of rotatable bonds is 3. The molecule has 6 heteroatoms. The van der Waals surface area contributed by atoms with E-state index in [0.29, 0.717) is 5.46 Å². The Kier molecular flexibility index (Phi) is 5.25. The van der Waals surface area contributed by atoms with Gasteiger partial charge in [-0.25, -0.2) is 0 Å². The molecule has 1 aromatic rings. The second kappa shape index (κ2) is 6.71. The van der Waals surface area contributed by atoms with Crippen LogP contribution in [0.1, 0.15) is 5.56 Å². The molecule has 0 aromatic heterocycles. The van der Waals surface area contributed by atoms with Crippen LogP contribution in [-0.2, 0) is 6.54 Å². The minimum absolute atomic E-state index is 0.570. The van der Waals surface area contributed by atoms with E-state index in [1.54, 1.807) is 6.07 Å². The first kappa shape index (κ1) is 13.3. The van der Waals surface area contributed by atoms with Crippen LogP contribution in [-0.4, -0.2) is 46.7 Å². The van der Waals surface area contributed by atoms with Crippen LogP contribution in [0.5, 0.6) is 0 Å². The molecule has 2 N–H and O–H groups in total. The third kappa shape index (κ3) is 4.23. The van der Waals surface area contributed by atoms with Crippen LogP contribution in [0, 0.1) is 0 Å². The molecule has 0 aliphatic carbocycles. The summed E-state index contributed by atoms with van der Waals surface area (Å²) < 4.78 is 0.